The summed E-state index contributed by atoms with van der Waals surface area (Å²) in [5, 5.41) is 22.2. The molecule has 3 rings (SSSR count). The largest absolute Gasteiger partial charge is 0.481 e. The Morgan fingerprint density at radius 1 is 1.26 bits per heavy atom. The topological polar surface area (TPSA) is 114 Å². The summed E-state index contributed by atoms with van der Waals surface area (Å²) in [6.07, 6.45) is -0.327. The quantitative estimate of drug-likeness (QED) is 0.747. The number of pyridine rings is 1. The second-order valence-corrected chi connectivity index (χ2v) is 5.38. The van der Waals surface area contributed by atoms with Gasteiger partial charge in [0.05, 0.1) is 17.8 Å². The van der Waals surface area contributed by atoms with Crippen molar-refractivity contribution in [2.45, 2.75) is 27.2 Å². The van der Waals surface area contributed by atoms with Crippen molar-refractivity contribution in [2.24, 2.45) is 0 Å². The summed E-state index contributed by atoms with van der Waals surface area (Å²) >= 11 is 0. The molecule has 0 saturated carbocycles. The molecule has 0 aliphatic heterocycles. The van der Waals surface area contributed by atoms with Crippen LogP contribution in [0.1, 0.15) is 22.5 Å². The van der Waals surface area contributed by atoms with Gasteiger partial charge in [-0.3, -0.25) is 9.59 Å². The number of carboxylic acid groups (broad SMARTS) is 1. The number of nitrogens with one attached hydrogen (secondary N) is 1. The molecule has 0 unspecified atom stereocenters. The number of rotatable bonds is 3. The Morgan fingerprint density at radius 3 is 2.61 bits per heavy atom. The number of aryl methyl sites for hydroxylation is 3. The fourth-order valence-electron chi connectivity index (χ4n) is 2.63. The summed E-state index contributed by atoms with van der Waals surface area (Å²) in [6.45, 7) is 5.36. The van der Waals surface area contributed by atoms with E-state index in [0.29, 0.717) is 22.7 Å². The summed E-state index contributed by atoms with van der Waals surface area (Å²) in [7, 11) is 0. The maximum Gasteiger partial charge on any atom is 0.308 e. The van der Waals surface area contributed by atoms with Crippen molar-refractivity contribution in [3.05, 3.63) is 45.0 Å². The monoisotopic (exact) mass is 313 g/mol. The third-order valence-corrected chi connectivity index (χ3v) is 3.72. The van der Waals surface area contributed by atoms with Crippen LogP contribution in [-0.2, 0) is 11.2 Å². The Hall–Kier alpha value is -3.03. The van der Waals surface area contributed by atoms with Crippen LogP contribution in [-0.4, -0.2) is 36.0 Å². The molecule has 23 heavy (non-hydrogen) atoms. The number of fused-ring (bicyclic) bond motifs is 1. The van der Waals surface area contributed by atoms with Gasteiger partial charge in [0, 0.05) is 10.9 Å². The third kappa shape index (κ3) is 2.48. The molecule has 118 valence electrons. The summed E-state index contributed by atoms with van der Waals surface area (Å²) < 4.78 is 1.51. The zero-order chi connectivity index (χ0) is 16.7. The zero-order valence-electron chi connectivity index (χ0n) is 12.9. The van der Waals surface area contributed by atoms with E-state index in [9.17, 15) is 9.59 Å². The lowest BCUT2D eigenvalue weighted by Crippen LogP contribution is -2.19. The van der Waals surface area contributed by atoms with Crippen LogP contribution in [0.25, 0.3) is 16.9 Å². The van der Waals surface area contributed by atoms with Gasteiger partial charge in [0.25, 0.3) is 5.56 Å². The van der Waals surface area contributed by atoms with E-state index < -0.39 is 11.5 Å². The first-order valence-electron chi connectivity index (χ1n) is 7.02. The SMILES string of the molecule is Cc1ccc(-n2nc(C)c3c(C)c(CC(=O)O)c(=O)[nH]c32)nn1. The lowest BCUT2D eigenvalue weighted by atomic mass is 10.0. The average Bonchev–Trinajstić information content (AvgIpc) is 2.81. The number of nitrogens with zero attached hydrogens (tertiary/aromatic N) is 4. The average molecular weight is 313 g/mol. The zero-order valence-corrected chi connectivity index (χ0v) is 12.9. The van der Waals surface area contributed by atoms with Crippen LogP contribution >= 0.6 is 0 Å². The molecular weight excluding hydrogens is 298 g/mol. The Morgan fingerprint density at radius 2 is 2.00 bits per heavy atom. The molecule has 0 atom stereocenters. The Kier molecular flexibility index (Phi) is 3.44. The number of carbonyl (C=O) groups is 1. The first kappa shape index (κ1) is 14.9. The van der Waals surface area contributed by atoms with Gasteiger partial charge >= 0.3 is 5.97 Å². The fourth-order valence-corrected chi connectivity index (χ4v) is 2.63. The molecule has 0 aliphatic rings. The van der Waals surface area contributed by atoms with Gasteiger partial charge in [-0.15, -0.1) is 5.10 Å². The van der Waals surface area contributed by atoms with Crippen LogP contribution in [0.5, 0.6) is 0 Å². The minimum absolute atomic E-state index is 0.239. The summed E-state index contributed by atoms with van der Waals surface area (Å²) in [5.74, 6) is -0.567. The predicted molar refractivity (Wildman–Crippen MR) is 82.8 cm³/mol. The van der Waals surface area contributed by atoms with Crippen LogP contribution in [0, 0.1) is 20.8 Å². The van der Waals surface area contributed by atoms with Crippen LogP contribution in [0.15, 0.2) is 16.9 Å². The van der Waals surface area contributed by atoms with E-state index in [2.05, 4.69) is 20.3 Å². The van der Waals surface area contributed by atoms with Crippen molar-refractivity contribution in [2.75, 3.05) is 0 Å². The van der Waals surface area contributed by atoms with Crippen LogP contribution in [0.3, 0.4) is 0 Å². The normalized spacial score (nSPS) is 11.1. The molecule has 0 saturated heterocycles. The lowest BCUT2D eigenvalue weighted by Gasteiger charge is -2.06. The molecular formula is C15H15N5O3. The van der Waals surface area contributed by atoms with Crippen LogP contribution < -0.4 is 5.56 Å². The molecule has 8 nitrogen and oxygen atoms in total. The molecule has 0 aromatic carbocycles. The number of aliphatic carboxylic acids is 1. The van der Waals surface area contributed by atoms with Gasteiger partial charge in [0.15, 0.2) is 5.82 Å². The molecule has 3 aromatic rings. The van der Waals surface area contributed by atoms with Gasteiger partial charge in [-0.05, 0) is 38.5 Å². The van der Waals surface area contributed by atoms with Crippen molar-refractivity contribution in [1.82, 2.24) is 25.0 Å². The van der Waals surface area contributed by atoms with Crippen molar-refractivity contribution in [3.8, 4) is 5.82 Å². The molecule has 0 fully saturated rings. The molecule has 0 spiro atoms. The maximum atomic E-state index is 12.2. The van der Waals surface area contributed by atoms with Gasteiger partial charge in [0.2, 0.25) is 0 Å². The molecule has 8 heteroatoms. The maximum absolute atomic E-state index is 12.2. The Bertz CT molecular complexity index is 969. The summed E-state index contributed by atoms with van der Waals surface area (Å²) in [5.41, 5.74) is 2.37. The van der Waals surface area contributed by atoms with Gasteiger partial charge in [-0.2, -0.15) is 14.9 Å². The molecule has 0 bridgehead atoms. The minimum Gasteiger partial charge on any atom is -0.481 e. The molecule has 0 radical (unpaired) electrons. The van der Waals surface area contributed by atoms with E-state index >= 15 is 0 Å². The number of carboxylic acids is 1. The Balaban J connectivity index is 2.30. The first-order valence-corrected chi connectivity index (χ1v) is 7.02. The lowest BCUT2D eigenvalue weighted by molar-refractivity contribution is -0.136. The Labute approximate surface area is 130 Å². The predicted octanol–water partition coefficient (Wildman–Crippen LogP) is 1.06. The first-order chi connectivity index (χ1) is 10.9. The number of aromatic amines is 1. The van der Waals surface area contributed by atoms with Crippen LogP contribution in [0.2, 0.25) is 0 Å². The number of hydrogen-bond donors (Lipinski definition) is 2. The minimum atomic E-state index is -1.05. The molecule has 2 N–H and O–H groups in total. The van der Waals surface area contributed by atoms with Crippen LogP contribution in [0.4, 0.5) is 0 Å². The highest BCUT2D eigenvalue weighted by atomic mass is 16.4. The third-order valence-electron chi connectivity index (χ3n) is 3.72. The van der Waals surface area contributed by atoms with Crippen molar-refractivity contribution < 1.29 is 9.90 Å². The molecule has 3 aromatic heterocycles. The van der Waals surface area contributed by atoms with Gasteiger partial charge in [0.1, 0.15) is 5.65 Å². The van der Waals surface area contributed by atoms with E-state index in [1.807, 2.05) is 6.92 Å². The second kappa shape index (κ2) is 5.31. The highest BCUT2D eigenvalue weighted by Crippen LogP contribution is 2.23. The number of aromatic nitrogens is 5. The highest BCUT2D eigenvalue weighted by Gasteiger charge is 2.19. The van der Waals surface area contributed by atoms with E-state index in [1.165, 1.54) is 4.68 Å². The summed E-state index contributed by atoms with van der Waals surface area (Å²) in [4.78, 5) is 25.9. The molecule has 3 heterocycles. The van der Waals surface area contributed by atoms with Gasteiger partial charge in [-0.25, -0.2) is 0 Å². The smallest absolute Gasteiger partial charge is 0.308 e. The van der Waals surface area contributed by atoms with Gasteiger partial charge in [-0.1, -0.05) is 0 Å². The van der Waals surface area contributed by atoms with Gasteiger partial charge < -0.3 is 10.1 Å². The van der Waals surface area contributed by atoms with E-state index in [0.717, 1.165) is 11.1 Å². The van der Waals surface area contributed by atoms with E-state index in [-0.39, 0.29) is 12.0 Å². The van der Waals surface area contributed by atoms with E-state index in [1.54, 1.807) is 26.0 Å². The van der Waals surface area contributed by atoms with Crippen molar-refractivity contribution >= 4 is 17.0 Å². The van der Waals surface area contributed by atoms with Crippen molar-refractivity contribution in [3.63, 3.8) is 0 Å². The van der Waals surface area contributed by atoms with Crippen molar-refractivity contribution in [1.29, 1.82) is 0 Å². The summed E-state index contributed by atoms with van der Waals surface area (Å²) in [6, 6.07) is 3.56. The molecule has 0 amide bonds. The standard InChI is InChI=1S/C15H15N5O3/c1-7-4-5-11(18-17-7)20-14-13(9(3)19-20)8(2)10(6-12(21)22)15(23)16-14/h4-5H,6H2,1-3H3,(H,16,23)(H,21,22). The highest BCUT2D eigenvalue weighted by molar-refractivity contribution is 5.85. The number of H-pyrrole nitrogens is 1. The van der Waals surface area contributed by atoms with E-state index in [4.69, 9.17) is 5.11 Å². The fraction of sp³-hybridized carbons (Fsp3) is 0.267. The number of hydrogen-bond acceptors (Lipinski definition) is 5. The second-order valence-electron chi connectivity index (χ2n) is 5.38. The molecule has 0 aliphatic carbocycles.